The number of hydrogen-bond donors (Lipinski definition) is 1. The zero-order chi connectivity index (χ0) is 16.1. The van der Waals surface area contributed by atoms with Gasteiger partial charge in [0.2, 0.25) is 5.91 Å². The molecule has 1 saturated heterocycles. The van der Waals surface area contributed by atoms with E-state index in [0.29, 0.717) is 6.54 Å². The van der Waals surface area contributed by atoms with Crippen molar-refractivity contribution in [2.45, 2.75) is 44.8 Å². The lowest BCUT2D eigenvalue weighted by Gasteiger charge is -2.36. The van der Waals surface area contributed by atoms with Gasteiger partial charge < -0.3 is 15.0 Å². The molecule has 0 radical (unpaired) electrons. The van der Waals surface area contributed by atoms with Crippen LogP contribution in [0.1, 0.15) is 26.3 Å². The van der Waals surface area contributed by atoms with Crippen LogP contribution in [0.2, 0.25) is 0 Å². The maximum absolute atomic E-state index is 11.8. The molecule has 0 spiro atoms. The van der Waals surface area contributed by atoms with Crippen molar-refractivity contribution in [3.63, 3.8) is 0 Å². The van der Waals surface area contributed by atoms with Gasteiger partial charge in [-0.25, -0.2) is 4.98 Å². The molecule has 1 aromatic rings. The third kappa shape index (κ3) is 4.61. The van der Waals surface area contributed by atoms with Crippen LogP contribution in [0.25, 0.3) is 0 Å². The number of ether oxygens (including phenoxy) is 1. The summed E-state index contributed by atoms with van der Waals surface area (Å²) < 4.78 is 5.74. The first-order chi connectivity index (χ1) is 10.5. The zero-order valence-corrected chi connectivity index (χ0v) is 14.5. The molecule has 22 heavy (non-hydrogen) atoms. The molecule has 2 heterocycles. The van der Waals surface area contributed by atoms with E-state index in [1.165, 1.54) is 0 Å². The highest BCUT2D eigenvalue weighted by Gasteiger charge is 2.22. The van der Waals surface area contributed by atoms with Gasteiger partial charge in [-0.2, -0.15) is 11.8 Å². The molecule has 1 aromatic heterocycles. The fraction of sp³-hybridized carbons (Fsp3) is 0.625. The Bertz CT molecular complexity index is 485. The lowest BCUT2D eigenvalue weighted by Crippen LogP contribution is -2.45. The number of morpholine rings is 1. The molecule has 0 saturated carbocycles. The minimum absolute atomic E-state index is 0.0245. The number of aromatic nitrogens is 1. The zero-order valence-electron chi connectivity index (χ0n) is 13.7. The van der Waals surface area contributed by atoms with Gasteiger partial charge in [-0.3, -0.25) is 4.79 Å². The second-order valence-electron chi connectivity index (χ2n) is 5.78. The first-order valence-electron chi connectivity index (χ1n) is 7.65. The molecule has 1 N–H and O–H groups in total. The van der Waals surface area contributed by atoms with Crippen molar-refractivity contribution in [2.24, 2.45) is 0 Å². The van der Waals surface area contributed by atoms with Crippen LogP contribution in [-0.4, -0.2) is 47.7 Å². The van der Waals surface area contributed by atoms with Gasteiger partial charge in [0.05, 0.1) is 17.5 Å². The Morgan fingerprint density at radius 3 is 2.68 bits per heavy atom. The van der Waals surface area contributed by atoms with Gasteiger partial charge in [0.25, 0.3) is 0 Å². The number of carbonyl (C=O) groups is 1. The van der Waals surface area contributed by atoms with Crippen molar-refractivity contribution in [2.75, 3.05) is 24.2 Å². The molecule has 1 amide bonds. The van der Waals surface area contributed by atoms with Crippen LogP contribution >= 0.6 is 11.8 Å². The molecule has 3 atom stereocenters. The van der Waals surface area contributed by atoms with Gasteiger partial charge >= 0.3 is 0 Å². The van der Waals surface area contributed by atoms with Crippen molar-refractivity contribution in [3.8, 4) is 0 Å². The molecule has 1 aliphatic heterocycles. The number of amides is 1. The van der Waals surface area contributed by atoms with E-state index in [1.54, 1.807) is 11.8 Å². The third-order valence-corrected chi connectivity index (χ3v) is 4.66. The van der Waals surface area contributed by atoms with Crippen LogP contribution < -0.4 is 10.2 Å². The number of thioether (sulfide) groups is 1. The van der Waals surface area contributed by atoms with E-state index >= 15 is 0 Å². The molecule has 1 aliphatic rings. The molecule has 2 rings (SSSR count). The summed E-state index contributed by atoms with van der Waals surface area (Å²) in [6, 6.07) is 4.04. The normalized spacial score (nSPS) is 23.2. The topological polar surface area (TPSA) is 54.5 Å². The number of carbonyl (C=O) groups excluding carboxylic acids is 1. The summed E-state index contributed by atoms with van der Waals surface area (Å²) in [6.07, 6.45) is 4.21. The quantitative estimate of drug-likeness (QED) is 0.899. The molecule has 5 nitrogen and oxygen atoms in total. The first kappa shape index (κ1) is 17.1. The van der Waals surface area contributed by atoms with E-state index in [1.807, 2.05) is 31.5 Å². The number of nitrogens with zero attached hydrogens (tertiary/aromatic N) is 2. The van der Waals surface area contributed by atoms with Crippen LogP contribution in [-0.2, 0) is 16.1 Å². The van der Waals surface area contributed by atoms with E-state index in [4.69, 9.17) is 4.74 Å². The van der Waals surface area contributed by atoms with Gasteiger partial charge in [-0.05, 0) is 38.7 Å². The number of nitrogens with one attached hydrogen (secondary N) is 1. The minimum atomic E-state index is -0.0245. The molecular formula is C16H25N3O2S. The Labute approximate surface area is 136 Å². The van der Waals surface area contributed by atoms with Gasteiger partial charge in [-0.15, -0.1) is 0 Å². The average Bonchev–Trinajstić information content (AvgIpc) is 2.51. The predicted molar refractivity (Wildman–Crippen MR) is 91.3 cm³/mol. The van der Waals surface area contributed by atoms with Gasteiger partial charge in [0.15, 0.2) is 0 Å². The largest absolute Gasteiger partial charge is 0.372 e. The maximum Gasteiger partial charge on any atom is 0.233 e. The molecule has 0 unspecified atom stereocenters. The maximum atomic E-state index is 11.8. The van der Waals surface area contributed by atoms with Crippen molar-refractivity contribution in [3.05, 3.63) is 23.9 Å². The molecular weight excluding hydrogens is 298 g/mol. The number of anilines is 1. The summed E-state index contributed by atoms with van der Waals surface area (Å²) in [5.41, 5.74) is 1.01. The summed E-state index contributed by atoms with van der Waals surface area (Å²) in [4.78, 5) is 18.5. The SMILES string of the molecule is CS[C@H](C)C(=O)NCc1ccc(N2C[C@@H](C)O[C@H](C)C2)nc1. The second-order valence-corrected chi connectivity index (χ2v) is 6.96. The Hall–Kier alpha value is -1.27. The van der Waals surface area contributed by atoms with E-state index in [0.717, 1.165) is 24.5 Å². The van der Waals surface area contributed by atoms with E-state index in [9.17, 15) is 4.79 Å². The van der Waals surface area contributed by atoms with E-state index in [2.05, 4.69) is 29.0 Å². The standard InChI is InChI=1S/C16H25N3O2S/c1-11-9-19(10-12(2)21-11)15-6-5-14(7-17-15)8-18-16(20)13(3)22-4/h5-7,11-13H,8-10H2,1-4H3,(H,18,20)/t11-,12-,13-/m1/s1. The Morgan fingerprint density at radius 1 is 1.45 bits per heavy atom. The molecule has 0 aromatic carbocycles. The van der Waals surface area contributed by atoms with Gasteiger partial charge in [0, 0.05) is 25.8 Å². The van der Waals surface area contributed by atoms with Gasteiger partial charge in [0.1, 0.15) is 5.82 Å². The average molecular weight is 323 g/mol. The van der Waals surface area contributed by atoms with Crippen LogP contribution in [0.4, 0.5) is 5.82 Å². The smallest absolute Gasteiger partial charge is 0.233 e. The second kappa shape index (κ2) is 7.83. The molecule has 6 heteroatoms. The Morgan fingerprint density at radius 2 is 2.14 bits per heavy atom. The van der Waals surface area contributed by atoms with Crippen LogP contribution in [0, 0.1) is 0 Å². The molecule has 1 fully saturated rings. The molecule has 122 valence electrons. The summed E-state index contributed by atoms with van der Waals surface area (Å²) in [7, 11) is 0. The summed E-state index contributed by atoms with van der Waals surface area (Å²) >= 11 is 1.54. The van der Waals surface area contributed by atoms with Crippen molar-refractivity contribution in [1.29, 1.82) is 0 Å². The van der Waals surface area contributed by atoms with Crippen molar-refractivity contribution >= 4 is 23.5 Å². The van der Waals surface area contributed by atoms with Crippen LogP contribution in [0.3, 0.4) is 0 Å². The monoisotopic (exact) mass is 323 g/mol. The fourth-order valence-corrected chi connectivity index (χ4v) is 2.81. The number of hydrogen-bond acceptors (Lipinski definition) is 5. The first-order valence-corrected chi connectivity index (χ1v) is 8.94. The van der Waals surface area contributed by atoms with E-state index in [-0.39, 0.29) is 23.4 Å². The minimum Gasteiger partial charge on any atom is -0.372 e. The fourth-order valence-electron chi connectivity index (χ4n) is 2.51. The summed E-state index contributed by atoms with van der Waals surface area (Å²) in [6.45, 7) is 8.31. The Balaban J connectivity index is 1.91. The molecule has 0 bridgehead atoms. The third-order valence-electron chi connectivity index (χ3n) is 3.74. The van der Waals surface area contributed by atoms with Crippen LogP contribution in [0.15, 0.2) is 18.3 Å². The highest BCUT2D eigenvalue weighted by Crippen LogP contribution is 2.18. The highest BCUT2D eigenvalue weighted by molar-refractivity contribution is 7.99. The lowest BCUT2D eigenvalue weighted by atomic mass is 10.2. The number of rotatable bonds is 5. The number of pyridine rings is 1. The predicted octanol–water partition coefficient (Wildman–Crippen LogP) is 2.06. The molecule has 0 aliphatic carbocycles. The van der Waals surface area contributed by atoms with Crippen molar-refractivity contribution < 1.29 is 9.53 Å². The van der Waals surface area contributed by atoms with Crippen molar-refractivity contribution in [1.82, 2.24) is 10.3 Å². The summed E-state index contributed by atoms with van der Waals surface area (Å²) in [5.74, 6) is 1.03. The Kier molecular flexibility index (Phi) is 6.08. The van der Waals surface area contributed by atoms with Gasteiger partial charge in [-0.1, -0.05) is 6.07 Å². The van der Waals surface area contributed by atoms with E-state index < -0.39 is 0 Å². The lowest BCUT2D eigenvalue weighted by molar-refractivity contribution is -0.120. The highest BCUT2D eigenvalue weighted by atomic mass is 32.2. The van der Waals surface area contributed by atoms with Crippen LogP contribution in [0.5, 0.6) is 0 Å². The summed E-state index contributed by atoms with van der Waals surface area (Å²) in [5, 5.41) is 2.90.